The van der Waals surface area contributed by atoms with Gasteiger partial charge in [-0.05, 0) is 50.5 Å². The van der Waals surface area contributed by atoms with Crippen LogP contribution in [0.5, 0.6) is 0 Å². The molecule has 0 spiro atoms. The second kappa shape index (κ2) is 4.57. The lowest BCUT2D eigenvalue weighted by molar-refractivity contribution is -0.148. The molecule has 0 amide bonds. The number of nitrogens with two attached hydrogens (primary N) is 1. The lowest BCUT2D eigenvalue weighted by atomic mass is 9.89. The van der Waals surface area contributed by atoms with Gasteiger partial charge in [0.1, 0.15) is 0 Å². The van der Waals surface area contributed by atoms with E-state index in [4.69, 9.17) is 10.5 Å². The first kappa shape index (κ1) is 12.8. The number of esters is 1. The molecule has 0 radical (unpaired) electrons. The summed E-state index contributed by atoms with van der Waals surface area (Å²) in [6.07, 6.45) is 0. The van der Waals surface area contributed by atoms with Crippen LogP contribution in [0.4, 0.5) is 5.69 Å². The second-order valence-corrected chi connectivity index (χ2v) is 5.41. The van der Waals surface area contributed by atoms with Gasteiger partial charge in [-0.3, -0.25) is 4.79 Å². The van der Waals surface area contributed by atoms with E-state index in [0.29, 0.717) is 12.3 Å². The van der Waals surface area contributed by atoms with E-state index in [1.807, 2.05) is 32.0 Å². The summed E-state index contributed by atoms with van der Waals surface area (Å²) in [4.78, 5) is 12.9. The monoisotopic (exact) mass is 264 g/mol. The average molecular weight is 264 g/mol. The van der Waals surface area contributed by atoms with E-state index in [-0.39, 0.29) is 5.97 Å². The van der Waals surface area contributed by atoms with Gasteiger partial charge in [0.2, 0.25) is 0 Å². The fraction of sp³-hybridized carbons (Fsp3) is 0.385. The van der Waals surface area contributed by atoms with Gasteiger partial charge in [-0.2, -0.15) is 4.37 Å². The van der Waals surface area contributed by atoms with Crippen LogP contribution >= 0.6 is 11.5 Å². The number of rotatable bonds is 3. The number of hydrogen-bond donors (Lipinski definition) is 1. The molecule has 1 aromatic carbocycles. The number of carbonyl (C=O) groups excluding carboxylic acids is 1. The first-order chi connectivity index (χ1) is 8.46. The first-order valence-corrected chi connectivity index (χ1v) is 6.56. The summed E-state index contributed by atoms with van der Waals surface area (Å²) in [6, 6.07) is 5.53. The molecule has 1 heterocycles. The molecule has 2 N–H and O–H groups in total. The minimum atomic E-state index is -0.705. The molecule has 0 bridgehead atoms. The standard InChI is InChI=1S/C13H16N2O2S/c1-4-17-12(16)13(2,3)11-9-7-8(14)5-6-10(9)15-18-11/h5-7H,4,14H2,1-3H3. The minimum Gasteiger partial charge on any atom is -0.465 e. The first-order valence-electron chi connectivity index (χ1n) is 5.79. The molecule has 0 aliphatic carbocycles. The average Bonchev–Trinajstić information content (AvgIpc) is 2.72. The zero-order valence-electron chi connectivity index (χ0n) is 10.7. The van der Waals surface area contributed by atoms with Crippen molar-refractivity contribution in [2.24, 2.45) is 0 Å². The molecule has 1 aromatic heterocycles. The van der Waals surface area contributed by atoms with Gasteiger partial charge in [-0.15, -0.1) is 0 Å². The Balaban J connectivity index is 2.53. The zero-order chi connectivity index (χ0) is 13.3. The summed E-state index contributed by atoms with van der Waals surface area (Å²) in [5.41, 5.74) is 6.62. The summed E-state index contributed by atoms with van der Waals surface area (Å²) >= 11 is 1.33. The molecule has 96 valence electrons. The van der Waals surface area contributed by atoms with Crippen LogP contribution in [0.2, 0.25) is 0 Å². The van der Waals surface area contributed by atoms with Gasteiger partial charge in [-0.1, -0.05) is 0 Å². The zero-order valence-corrected chi connectivity index (χ0v) is 11.5. The van der Waals surface area contributed by atoms with Gasteiger partial charge < -0.3 is 10.5 Å². The van der Waals surface area contributed by atoms with Gasteiger partial charge >= 0.3 is 5.97 Å². The fourth-order valence-corrected chi connectivity index (χ4v) is 2.74. The van der Waals surface area contributed by atoms with Crippen LogP contribution in [0.1, 0.15) is 25.6 Å². The highest BCUT2D eigenvalue weighted by atomic mass is 32.1. The summed E-state index contributed by atoms with van der Waals surface area (Å²) in [7, 11) is 0. The second-order valence-electron chi connectivity index (χ2n) is 4.63. The molecule has 0 aliphatic heterocycles. The van der Waals surface area contributed by atoms with E-state index in [1.165, 1.54) is 11.5 Å². The number of nitrogen functional groups attached to an aromatic ring is 1. The van der Waals surface area contributed by atoms with Crippen LogP contribution < -0.4 is 5.73 Å². The number of anilines is 1. The Hall–Kier alpha value is -1.62. The van der Waals surface area contributed by atoms with E-state index >= 15 is 0 Å². The Kier molecular flexibility index (Phi) is 3.26. The number of aromatic nitrogens is 1. The van der Waals surface area contributed by atoms with Crippen molar-refractivity contribution in [1.82, 2.24) is 4.37 Å². The molecule has 0 fully saturated rings. The number of benzene rings is 1. The predicted octanol–water partition coefficient (Wildman–Crippen LogP) is 2.72. The van der Waals surface area contributed by atoms with Crippen LogP contribution in [0.15, 0.2) is 18.2 Å². The van der Waals surface area contributed by atoms with Crippen LogP contribution in [-0.2, 0) is 14.9 Å². The Morgan fingerprint density at radius 2 is 2.22 bits per heavy atom. The largest absolute Gasteiger partial charge is 0.465 e. The summed E-state index contributed by atoms with van der Waals surface area (Å²) in [6.45, 7) is 5.88. The third kappa shape index (κ3) is 2.06. The molecular weight excluding hydrogens is 248 g/mol. The molecule has 0 saturated heterocycles. The van der Waals surface area contributed by atoms with E-state index in [0.717, 1.165) is 15.8 Å². The van der Waals surface area contributed by atoms with Gasteiger partial charge in [0, 0.05) is 16.0 Å². The minimum absolute atomic E-state index is 0.238. The maximum Gasteiger partial charge on any atom is 0.316 e. The van der Waals surface area contributed by atoms with Crippen LogP contribution in [0.25, 0.3) is 10.9 Å². The number of ether oxygens (including phenoxy) is 1. The highest BCUT2D eigenvalue weighted by Crippen LogP contribution is 2.35. The molecule has 0 saturated carbocycles. The normalized spacial score (nSPS) is 11.7. The molecule has 18 heavy (non-hydrogen) atoms. The number of fused-ring (bicyclic) bond motifs is 1. The van der Waals surface area contributed by atoms with Crippen LogP contribution in [0, 0.1) is 0 Å². The van der Waals surface area contributed by atoms with Crippen LogP contribution in [-0.4, -0.2) is 16.9 Å². The number of carbonyl (C=O) groups is 1. The quantitative estimate of drug-likeness (QED) is 0.684. The maximum atomic E-state index is 12.0. The van der Waals surface area contributed by atoms with Crippen molar-refractivity contribution >= 4 is 34.1 Å². The smallest absolute Gasteiger partial charge is 0.316 e. The molecule has 4 nitrogen and oxygen atoms in total. The predicted molar refractivity (Wildman–Crippen MR) is 73.7 cm³/mol. The van der Waals surface area contributed by atoms with Gasteiger partial charge in [0.15, 0.2) is 0 Å². The van der Waals surface area contributed by atoms with Crippen molar-refractivity contribution in [3.8, 4) is 0 Å². The maximum absolute atomic E-state index is 12.0. The summed E-state index contributed by atoms with van der Waals surface area (Å²) in [5.74, 6) is -0.238. The van der Waals surface area contributed by atoms with Gasteiger partial charge in [0.25, 0.3) is 0 Å². The summed E-state index contributed by atoms with van der Waals surface area (Å²) < 4.78 is 9.47. The van der Waals surface area contributed by atoms with Crippen molar-refractivity contribution in [3.05, 3.63) is 23.1 Å². The van der Waals surface area contributed by atoms with Crippen molar-refractivity contribution < 1.29 is 9.53 Å². The van der Waals surface area contributed by atoms with Gasteiger partial charge in [-0.25, -0.2) is 0 Å². The number of hydrogen-bond acceptors (Lipinski definition) is 5. The molecular formula is C13H16N2O2S. The molecule has 2 rings (SSSR count). The van der Waals surface area contributed by atoms with Crippen molar-refractivity contribution in [3.63, 3.8) is 0 Å². The van der Waals surface area contributed by atoms with E-state index in [2.05, 4.69) is 4.37 Å². The Morgan fingerprint density at radius 3 is 2.89 bits per heavy atom. The third-order valence-corrected chi connectivity index (χ3v) is 4.05. The van der Waals surface area contributed by atoms with E-state index in [9.17, 15) is 4.79 Å². The lowest BCUT2D eigenvalue weighted by Crippen LogP contribution is -2.30. The van der Waals surface area contributed by atoms with Gasteiger partial charge in [0.05, 0.1) is 17.5 Å². The molecule has 0 unspecified atom stereocenters. The van der Waals surface area contributed by atoms with Crippen molar-refractivity contribution in [1.29, 1.82) is 0 Å². The Labute approximate surface area is 110 Å². The van der Waals surface area contributed by atoms with E-state index in [1.54, 1.807) is 6.92 Å². The SMILES string of the molecule is CCOC(=O)C(C)(C)c1snc2ccc(N)cc12. The Morgan fingerprint density at radius 1 is 1.50 bits per heavy atom. The molecule has 2 aromatic rings. The number of nitrogens with zero attached hydrogens (tertiary/aromatic N) is 1. The Bertz CT molecular complexity index is 590. The summed E-state index contributed by atoms with van der Waals surface area (Å²) in [5, 5.41) is 0.929. The topological polar surface area (TPSA) is 65.2 Å². The fourth-order valence-electron chi connectivity index (χ4n) is 1.81. The van der Waals surface area contributed by atoms with Crippen LogP contribution in [0.3, 0.4) is 0 Å². The van der Waals surface area contributed by atoms with E-state index < -0.39 is 5.41 Å². The highest BCUT2D eigenvalue weighted by molar-refractivity contribution is 7.07. The highest BCUT2D eigenvalue weighted by Gasteiger charge is 2.35. The molecule has 0 aliphatic rings. The van der Waals surface area contributed by atoms with Crippen molar-refractivity contribution in [2.75, 3.05) is 12.3 Å². The third-order valence-electron chi connectivity index (χ3n) is 2.85. The van der Waals surface area contributed by atoms with Crippen molar-refractivity contribution in [2.45, 2.75) is 26.2 Å². The lowest BCUT2D eigenvalue weighted by Gasteiger charge is -2.20. The molecule has 0 atom stereocenters. The molecule has 5 heteroatoms.